The van der Waals surface area contributed by atoms with Gasteiger partial charge in [-0.3, -0.25) is 0 Å². The van der Waals surface area contributed by atoms with Gasteiger partial charge in [0, 0.05) is 5.92 Å². The minimum atomic E-state index is -0.603. The van der Waals surface area contributed by atoms with E-state index in [0.29, 0.717) is 12.4 Å². The Morgan fingerprint density at radius 2 is 1.81 bits per heavy atom. The van der Waals surface area contributed by atoms with Crippen LogP contribution in [0.2, 0.25) is 0 Å². The lowest BCUT2D eigenvalue weighted by molar-refractivity contribution is -0.138. The molecule has 0 bridgehead atoms. The first-order valence-corrected chi connectivity index (χ1v) is 5.56. The topological polar surface area (TPSA) is 59.3 Å². The summed E-state index contributed by atoms with van der Waals surface area (Å²) in [6, 6.07) is 1.87. The maximum absolute atomic E-state index is 11.5. The van der Waals surface area contributed by atoms with Gasteiger partial charge in [0.1, 0.15) is 11.8 Å². The monoisotopic (exact) mass is 225 g/mol. The summed E-state index contributed by atoms with van der Waals surface area (Å²) in [5, 5.41) is 8.98. The molecule has 0 aliphatic rings. The quantitative estimate of drug-likeness (QED) is 0.301. The normalized spacial score (nSPS) is 13.4. The first-order valence-electron chi connectivity index (χ1n) is 5.56. The van der Waals surface area contributed by atoms with E-state index in [1.807, 2.05) is 26.8 Å². The number of rotatable bonds is 6. The van der Waals surface area contributed by atoms with Crippen LogP contribution in [0.5, 0.6) is 0 Å². The highest BCUT2D eigenvalue weighted by molar-refractivity contribution is 5.93. The molecule has 0 aromatic carbocycles. The van der Waals surface area contributed by atoms with Gasteiger partial charge in [-0.25, -0.2) is 4.79 Å². The number of nitrogens with zero attached hydrogens (tertiary/aromatic N) is 1. The predicted octanol–water partition coefficient (Wildman–Crippen LogP) is 2.41. The van der Waals surface area contributed by atoms with E-state index in [2.05, 4.69) is 0 Å². The molecule has 0 saturated carbocycles. The highest BCUT2D eigenvalue weighted by Crippen LogP contribution is 2.20. The van der Waals surface area contributed by atoms with Crippen LogP contribution in [0.25, 0.3) is 0 Å². The highest BCUT2D eigenvalue weighted by Gasteiger charge is 2.21. The molecule has 0 rings (SSSR count). The number of carbonyl (C=O) groups excluding carboxylic acids is 1. The van der Waals surface area contributed by atoms with E-state index in [1.54, 1.807) is 6.92 Å². The Balaban J connectivity index is 5.16. The van der Waals surface area contributed by atoms with E-state index >= 15 is 0 Å². The van der Waals surface area contributed by atoms with E-state index in [1.165, 1.54) is 0 Å². The number of hydrogen-bond donors (Lipinski definition) is 0. The molecule has 0 fully saturated rings. The van der Waals surface area contributed by atoms with Gasteiger partial charge in [0.2, 0.25) is 0 Å². The fourth-order valence-electron chi connectivity index (χ4n) is 1.21. The van der Waals surface area contributed by atoms with Crippen molar-refractivity contribution in [2.75, 3.05) is 13.2 Å². The van der Waals surface area contributed by atoms with Gasteiger partial charge in [0.15, 0.2) is 5.57 Å². The molecule has 16 heavy (non-hydrogen) atoms. The zero-order valence-electron chi connectivity index (χ0n) is 10.4. The third-order valence-corrected chi connectivity index (χ3v) is 2.20. The fraction of sp³-hybridized carbons (Fsp3) is 0.667. The second-order valence-electron chi connectivity index (χ2n) is 3.31. The Labute approximate surface area is 96.8 Å². The number of ether oxygens (including phenoxy) is 2. The summed E-state index contributed by atoms with van der Waals surface area (Å²) in [4.78, 5) is 11.5. The Morgan fingerprint density at radius 3 is 2.19 bits per heavy atom. The van der Waals surface area contributed by atoms with Crippen molar-refractivity contribution in [1.82, 2.24) is 0 Å². The van der Waals surface area contributed by atoms with Crippen molar-refractivity contribution in [3.05, 3.63) is 11.3 Å². The van der Waals surface area contributed by atoms with Crippen molar-refractivity contribution in [2.45, 2.75) is 34.1 Å². The highest BCUT2D eigenvalue weighted by atomic mass is 16.5. The summed E-state index contributed by atoms with van der Waals surface area (Å²) < 4.78 is 10.2. The van der Waals surface area contributed by atoms with Gasteiger partial charge in [0.05, 0.1) is 13.2 Å². The Morgan fingerprint density at radius 1 is 1.25 bits per heavy atom. The number of hydrogen-bond acceptors (Lipinski definition) is 4. The van der Waals surface area contributed by atoms with Crippen LogP contribution in [0.4, 0.5) is 0 Å². The predicted molar refractivity (Wildman–Crippen MR) is 60.4 cm³/mol. The van der Waals surface area contributed by atoms with E-state index in [4.69, 9.17) is 14.7 Å². The second-order valence-corrected chi connectivity index (χ2v) is 3.31. The summed E-state index contributed by atoms with van der Waals surface area (Å²) >= 11 is 0. The molecular weight excluding hydrogens is 206 g/mol. The van der Waals surface area contributed by atoms with Crippen molar-refractivity contribution < 1.29 is 14.3 Å². The summed E-state index contributed by atoms with van der Waals surface area (Å²) in [6.45, 7) is 8.11. The van der Waals surface area contributed by atoms with Crippen molar-refractivity contribution in [2.24, 2.45) is 5.92 Å². The van der Waals surface area contributed by atoms with Gasteiger partial charge in [-0.2, -0.15) is 5.26 Å². The van der Waals surface area contributed by atoms with Crippen LogP contribution in [0.3, 0.4) is 0 Å². The molecule has 4 nitrogen and oxygen atoms in total. The zero-order valence-corrected chi connectivity index (χ0v) is 10.4. The van der Waals surface area contributed by atoms with Gasteiger partial charge in [-0.15, -0.1) is 0 Å². The molecule has 4 heteroatoms. The molecule has 0 spiro atoms. The second kappa shape index (κ2) is 7.75. The fourth-order valence-corrected chi connectivity index (χ4v) is 1.21. The summed E-state index contributed by atoms with van der Waals surface area (Å²) in [6.07, 6.45) is 0.805. The maximum atomic E-state index is 11.5. The Hall–Kier alpha value is -1.50. The first-order chi connectivity index (χ1) is 7.62. The molecule has 0 aliphatic carbocycles. The summed E-state index contributed by atoms with van der Waals surface area (Å²) in [7, 11) is 0. The van der Waals surface area contributed by atoms with Crippen LogP contribution in [0.15, 0.2) is 11.3 Å². The number of esters is 1. The average molecular weight is 225 g/mol. The lowest BCUT2D eigenvalue weighted by Crippen LogP contribution is -2.14. The van der Waals surface area contributed by atoms with Gasteiger partial charge in [0.25, 0.3) is 0 Å². The molecule has 0 N–H and O–H groups in total. The number of carbonyl (C=O) groups is 1. The Kier molecular flexibility index (Phi) is 7.02. The minimum Gasteiger partial charge on any atom is -0.496 e. The number of allylic oxidation sites excluding steroid dienone is 1. The van der Waals surface area contributed by atoms with Gasteiger partial charge in [-0.1, -0.05) is 13.8 Å². The zero-order chi connectivity index (χ0) is 12.6. The third kappa shape index (κ3) is 3.93. The van der Waals surface area contributed by atoms with Crippen LogP contribution in [0.1, 0.15) is 34.1 Å². The molecule has 1 atom stereocenters. The van der Waals surface area contributed by atoms with Crippen molar-refractivity contribution >= 4 is 5.97 Å². The lowest BCUT2D eigenvalue weighted by atomic mass is 10.0. The average Bonchev–Trinajstić information content (AvgIpc) is 2.28. The molecule has 90 valence electrons. The standard InChI is InChI=1S/C12H19NO3/c1-5-9(4)11(15-6-2)10(8-13)12(14)16-7-3/h9H,5-7H2,1-4H3. The molecule has 0 heterocycles. The Bertz CT molecular complexity index is 302. The maximum Gasteiger partial charge on any atom is 0.352 e. The first kappa shape index (κ1) is 14.5. The largest absolute Gasteiger partial charge is 0.496 e. The lowest BCUT2D eigenvalue weighted by Gasteiger charge is -2.16. The molecule has 1 unspecified atom stereocenters. The van der Waals surface area contributed by atoms with Crippen LogP contribution < -0.4 is 0 Å². The SMILES string of the molecule is CCOC(=O)C(C#N)=C(OCC)C(C)CC. The molecule has 0 aliphatic heterocycles. The van der Waals surface area contributed by atoms with E-state index in [9.17, 15) is 4.79 Å². The van der Waals surface area contributed by atoms with Gasteiger partial charge >= 0.3 is 5.97 Å². The van der Waals surface area contributed by atoms with Crippen molar-refractivity contribution in [3.8, 4) is 6.07 Å². The smallest absolute Gasteiger partial charge is 0.352 e. The van der Waals surface area contributed by atoms with Crippen LogP contribution in [0, 0.1) is 17.2 Å². The van der Waals surface area contributed by atoms with E-state index in [0.717, 1.165) is 6.42 Å². The molecular formula is C12H19NO3. The van der Waals surface area contributed by atoms with E-state index < -0.39 is 5.97 Å². The number of nitriles is 1. The van der Waals surface area contributed by atoms with Crippen molar-refractivity contribution in [1.29, 1.82) is 5.26 Å². The molecule has 0 saturated heterocycles. The third-order valence-electron chi connectivity index (χ3n) is 2.20. The van der Waals surface area contributed by atoms with Crippen molar-refractivity contribution in [3.63, 3.8) is 0 Å². The molecule has 0 aromatic rings. The molecule has 0 amide bonds. The van der Waals surface area contributed by atoms with Crippen LogP contribution in [-0.2, 0) is 14.3 Å². The van der Waals surface area contributed by atoms with Gasteiger partial charge in [-0.05, 0) is 20.3 Å². The molecule has 0 radical (unpaired) electrons. The van der Waals surface area contributed by atoms with Gasteiger partial charge < -0.3 is 9.47 Å². The minimum absolute atomic E-state index is 0.0157. The summed E-state index contributed by atoms with van der Waals surface area (Å²) in [5.41, 5.74) is -0.0157. The summed E-state index contributed by atoms with van der Waals surface area (Å²) in [5.74, 6) is -0.126. The molecule has 0 aromatic heterocycles. The van der Waals surface area contributed by atoms with Crippen LogP contribution in [-0.4, -0.2) is 19.2 Å². The van der Waals surface area contributed by atoms with Crippen LogP contribution >= 0.6 is 0 Å². The van der Waals surface area contributed by atoms with E-state index in [-0.39, 0.29) is 18.1 Å².